The van der Waals surface area contributed by atoms with E-state index in [1.54, 1.807) is 24.3 Å². The SMILES string of the molecule is CCCCc1ccc([NH+]([O-])c2ccc([NH+]([O-])c3ccc(C)cc3)cc2)cc1. The molecule has 4 nitrogen and oxygen atoms in total. The maximum Gasteiger partial charge on any atom is 0.136 e. The number of unbranched alkanes of at least 4 members (excludes halogenated alkanes) is 1. The van der Waals surface area contributed by atoms with E-state index in [1.165, 1.54) is 5.56 Å². The predicted octanol–water partition coefficient (Wildman–Crippen LogP) is 4.03. The smallest absolute Gasteiger partial charge is 0.136 e. The van der Waals surface area contributed by atoms with Gasteiger partial charge in [0.15, 0.2) is 0 Å². The van der Waals surface area contributed by atoms with E-state index in [1.807, 2.05) is 55.5 Å². The molecule has 4 heteroatoms. The first-order valence-corrected chi connectivity index (χ1v) is 9.43. The summed E-state index contributed by atoms with van der Waals surface area (Å²) >= 11 is 0. The van der Waals surface area contributed by atoms with Crippen molar-refractivity contribution in [1.29, 1.82) is 0 Å². The molecule has 27 heavy (non-hydrogen) atoms. The number of aryl methyl sites for hydroxylation is 2. The fourth-order valence-corrected chi connectivity index (χ4v) is 3.01. The molecule has 0 radical (unpaired) electrons. The van der Waals surface area contributed by atoms with Crippen LogP contribution in [0.1, 0.15) is 30.9 Å². The Kier molecular flexibility index (Phi) is 6.37. The summed E-state index contributed by atoms with van der Waals surface area (Å²) in [5.74, 6) is 0. The molecule has 0 aliphatic heterocycles. The highest BCUT2D eigenvalue weighted by Crippen LogP contribution is 2.14. The lowest BCUT2D eigenvalue weighted by Gasteiger charge is -2.24. The third-order valence-corrected chi connectivity index (χ3v) is 4.76. The van der Waals surface area contributed by atoms with Gasteiger partial charge in [0.2, 0.25) is 0 Å². The quantitative estimate of drug-likeness (QED) is 0.624. The van der Waals surface area contributed by atoms with Crippen LogP contribution in [0.3, 0.4) is 0 Å². The standard InChI is InChI=1S/C23H26N2O2/c1-3-4-5-19-8-12-21(13-9-19)25(27)23-16-14-22(15-17-23)24(26)20-10-6-18(2)7-11-20/h6-17,24-25H,3-5H2,1-2H3. The van der Waals surface area contributed by atoms with Crippen molar-refractivity contribution in [3.8, 4) is 0 Å². The third kappa shape index (κ3) is 4.81. The molecule has 3 rings (SSSR count). The molecule has 0 fully saturated rings. The molecule has 0 aromatic heterocycles. The maximum atomic E-state index is 12.7. The Labute approximate surface area is 160 Å². The van der Waals surface area contributed by atoms with Crippen molar-refractivity contribution in [2.24, 2.45) is 0 Å². The first-order valence-electron chi connectivity index (χ1n) is 9.43. The van der Waals surface area contributed by atoms with Crippen molar-refractivity contribution in [3.05, 3.63) is 94.3 Å². The largest absolute Gasteiger partial charge is 0.623 e. The molecule has 0 aliphatic rings. The van der Waals surface area contributed by atoms with E-state index in [2.05, 4.69) is 6.92 Å². The van der Waals surface area contributed by atoms with Gasteiger partial charge >= 0.3 is 0 Å². The fraction of sp³-hybridized carbons (Fsp3) is 0.217. The number of rotatable bonds is 7. The Balaban J connectivity index is 1.71. The highest BCUT2D eigenvalue weighted by molar-refractivity contribution is 5.46. The number of hydrogen-bond donors (Lipinski definition) is 2. The highest BCUT2D eigenvalue weighted by Gasteiger charge is 2.10. The van der Waals surface area contributed by atoms with Gasteiger partial charge in [-0.1, -0.05) is 43.2 Å². The monoisotopic (exact) mass is 362 g/mol. The lowest BCUT2D eigenvalue weighted by atomic mass is 10.1. The molecule has 3 aromatic rings. The summed E-state index contributed by atoms with van der Waals surface area (Å²) in [4.78, 5) is 0. The van der Waals surface area contributed by atoms with Gasteiger partial charge in [0.05, 0.1) is 0 Å². The number of nitrogens with one attached hydrogen (secondary N) is 2. The summed E-state index contributed by atoms with van der Waals surface area (Å²) in [5.41, 5.74) is 4.89. The Morgan fingerprint density at radius 3 is 1.41 bits per heavy atom. The fourth-order valence-electron chi connectivity index (χ4n) is 3.01. The van der Waals surface area contributed by atoms with Gasteiger partial charge in [0.25, 0.3) is 0 Å². The second-order valence-electron chi connectivity index (χ2n) is 6.90. The van der Waals surface area contributed by atoms with Crippen LogP contribution in [0, 0.1) is 17.3 Å². The molecule has 2 atom stereocenters. The second-order valence-corrected chi connectivity index (χ2v) is 6.90. The average molecular weight is 362 g/mol. The molecule has 2 N–H and O–H groups in total. The Morgan fingerprint density at radius 2 is 1.00 bits per heavy atom. The van der Waals surface area contributed by atoms with Crippen molar-refractivity contribution < 1.29 is 10.1 Å². The first-order chi connectivity index (χ1) is 13.1. The lowest BCUT2D eigenvalue weighted by molar-refractivity contribution is -0.701. The van der Waals surface area contributed by atoms with Crippen molar-refractivity contribution in [2.45, 2.75) is 33.1 Å². The van der Waals surface area contributed by atoms with E-state index in [0.717, 1.165) is 24.8 Å². The van der Waals surface area contributed by atoms with Crippen molar-refractivity contribution in [2.75, 3.05) is 0 Å². The van der Waals surface area contributed by atoms with Crippen LogP contribution < -0.4 is 10.1 Å². The molecular weight excluding hydrogens is 336 g/mol. The zero-order valence-corrected chi connectivity index (χ0v) is 15.9. The molecule has 3 aromatic carbocycles. The Hall–Kier alpha value is -2.50. The molecule has 2 unspecified atom stereocenters. The van der Waals surface area contributed by atoms with E-state index in [0.29, 0.717) is 22.7 Å². The molecule has 0 heterocycles. The second kappa shape index (κ2) is 8.93. The number of quaternary nitrogens is 2. The van der Waals surface area contributed by atoms with Gasteiger partial charge in [0.1, 0.15) is 22.7 Å². The molecule has 140 valence electrons. The molecule has 0 aliphatic carbocycles. The number of benzene rings is 3. The van der Waals surface area contributed by atoms with Gasteiger partial charge in [0, 0.05) is 48.5 Å². The summed E-state index contributed by atoms with van der Waals surface area (Å²) in [5, 5.41) is 25.2. The summed E-state index contributed by atoms with van der Waals surface area (Å²) in [6, 6.07) is 22.3. The van der Waals surface area contributed by atoms with Crippen molar-refractivity contribution in [3.63, 3.8) is 0 Å². The zero-order valence-electron chi connectivity index (χ0n) is 15.9. The molecule has 0 amide bonds. The van der Waals surface area contributed by atoms with Gasteiger partial charge in [-0.2, -0.15) is 0 Å². The van der Waals surface area contributed by atoms with Crippen LogP contribution in [0.25, 0.3) is 0 Å². The average Bonchev–Trinajstić information content (AvgIpc) is 2.72. The topological polar surface area (TPSA) is 55.0 Å². The third-order valence-electron chi connectivity index (χ3n) is 4.76. The van der Waals surface area contributed by atoms with Crippen LogP contribution in [0.5, 0.6) is 0 Å². The van der Waals surface area contributed by atoms with Crippen LogP contribution in [0.2, 0.25) is 0 Å². The minimum absolute atomic E-state index is 0.0219. The maximum absolute atomic E-state index is 12.7. The number of hydrogen-bond acceptors (Lipinski definition) is 2. The normalized spacial score (nSPS) is 13.3. The van der Waals surface area contributed by atoms with Gasteiger partial charge in [-0.3, -0.25) is 0 Å². The van der Waals surface area contributed by atoms with Crippen molar-refractivity contribution in [1.82, 2.24) is 0 Å². The van der Waals surface area contributed by atoms with Crippen molar-refractivity contribution >= 4 is 22.7 Å². The van der Waals surface area contributed by atoms with E-state index in [9.17, 15) is 10.4 Å². The predicted molar refractivity (Wildman–Crippen MR) is 110 cm³/mol. The van der Waals surface area contributed by atoms with Crippen LogP contribution >= 0.6 is 0 Å². The van der Waals surface area contributed by atoms with Crippen LogP contribution in [-0.2, 0) is 6.42 Å². The van der Waals surface area contributed by atoms with E-state index >= 15 is 0 Å². The first kappa shape index (κ1) is 19.3. The van der Waals surface area contributed by atoms with E-state index in [-0.39, 0.29) is 10.1 Å². The molecule has 0 saturated carbocycles. The Bertz CT molecular complexity index is 843. The highest BCUT2D eigenvalue weighted by atomic mass is 16.5. The Morgan fingerprint density at radius 1 is 0.630 bits per heavy atom. The van der Waals surface area contributed by atoms with Gasteiger partial charge in [-0.05, 0) is 25.3 Å². The van der Waals surface area contributed by atoms with Gasteiger partial charge in [-0.15, -0.1) is 0 Å². The van der Waals surface area contributed by atoms with E-state index < -0.39 is 0 Å². The minimum atomic E-state index is -0.0331. The minimum Gasteiger partial charge on any atom is -0.623 e. The summed E-state index contributed by atoms with van der Waals surface area (Å²) in [7, 11) is 0. The summed E-state index contributed by atoms with van der Waals surface area (Å²) in [6.07, 6.45) is 3.36. The lowest BCUT2D eigenvalue weighted by Crippen LogP contribution is -2.97. The van der Waals surface area contributed by atoms with Gasteiger partial charge < -0.3 is 20.5 Å². The molecule has 0 saturated heterocycles. The summed E-state index contributed by atoms with van der Waals surface area (Å²) < 4.78 is 0. The molecule has 0 bridgehead atoms. The van der Waals surface area contributed by atoms with Crippen LogP contribution in [0.15, 0.2) is 72.8 Å². The zero-order chi connectivity index (χ0) is 19.2. The molecule has 0 spiro atoms. The van der Waals surface area contributed by atoms with Crippen LogP contribution in [0.4, 0.5) is 22.7 Å². The summed E-state index contributed by atoms with van der Waals surface area (Å²) in [6.45, 7) is 4.16. The van der Waals surface area contributed by atoms with E-state index in [4.69, 9.17) is 0 Å². The van der Waals surface area contributed by atoms with Crippen LogP contribution in [-0.4, -0.2) is 0 Å². The molecular formula is C23H26N2O2. The van der Waals surface area contributed by atoms with Gasteiger partial charge in [-0.25, -0.2) is 0 Å².